The monoisotopic (exact) mass is 353 g/mol. The van der Waals surface area contributed by atoms with Gasteiger partial charge in [-0.05, 0) is 34.1 Å². The summed E-state index contributed by atoms with van der Waals surface area (Å²) in [5.74, 6) is 0.337. The van der Waals surface area contributed by atoms with Gasteiger partial charge in [0.05, 0.1) is 0 Å². The van der Waals surface area contributed by atoms with Crippen LogP contribution in [0.2, 0.25) is 0 Å². The first kappa shape index (κ1) is 24.5. The predicted octanol–water partition coefficient (Wildman–Crippen LogP) is 7.50. The third-order valence-corrected chi connectivity index (χ3v) is 5.14. The highest BCUT2D eigenvalue weighted by Gasteiger charge is 2.18. The first-order valence-corrected chi connectivity index (χ1v) is 11.3. The standard InChI is InChI=1S/C23H47NO/c1-6-7-8-9-10-11-12-13-14-15-16-17-18-19-20-23(25)24(21(2)3)22(4)5/h21-22H,6-20H2,1-5H3. The van der Waals surface area contributed by atoms with Gasteiger partial charge >= 0.3 is 0 Å². The van der Waals surface area contributed by atoms with Crippen LogP contribution in [0.1, 0.15) is 131 Å². The van der Waals surface area contributed by atoms with Crippen LogP contribution in [0.25, 0.3) is 0 Å². The van der Waals surface area contributed by atoms with E-state index in [1.54, 1.807) is 0 Å². The van der Waals surface area contributed by atoms with E-state index in [1.165, 1.54) is 83.5 Å². The second kappa shape index (κ2) is 16.9. The van der Waals surface area contributed by atoms with Gasteiger partial charge in [-0.15, -0.1) is 0 Å². The Morgan fingerprint density at radius 3 is 1.24 bits per heavy atom. The molecule has 1 amide bonds. The molecular weight excluding hydrogens is 306 g/mol. The maximum Gasteiger partial charge on any atom is 0.223 e. The van der Waals surface area contributed by atoms with E-state index < -0.39 is 0 Å². The van der Waals surface area contributed by atoms with E-state index >= 15 is 0 Å². The number of rotatable bonds is 17. The third kappa shape index (κ3) is 14.3. The Hall–Kier alpha value is -0.530. The lowest BCUT2D eigenvalue weighted by molar-refractivity contribution is -0.134. The van der Waals surface area contributed by atoms with Gasteiger partial charge in [-0.1, -0.05) is 90.4 Å². The SMILES string of the molecule is CCCCCCCCCCCCCCCCC(=O)N(C(C)C)C(C)C. The van der Waals surface area contributed by atoms with Crippen molar-refractivity contribution < 1.29 is 4.79 Å². The first-order valence-electron chi connectivity index (χ1n) is 11.3. The van der Waals surface area contributed by atoms with Gasteiger partial charge in [0.15, 0.2) is 0 Å². The molecule has 0 heterocycles. The molecule has 25 heavy (non-hydrogen) atoms. The van der Waals surface area contributed by atoms with Crippen molar-refractivity contribution in [2.24, 2.45) is 0 Å². The van der Waals surface area contributed by atoms with Crippen molar-refractivity contribution in [3.8, 4) is 0 Å². The van der Waals surface area contributed by atoms with Crippen LogP contribution in [0, 0.1) is 0 Å². The molecule has 2 nitrogen and oxygen atoms in total. The largest absolute Gasteiger partial charge is 0.338 e. The normalized spacial score (nSPS) is 11.5. The molecule has 0 spiro atoms. The summed E-state index contributed by atoms with van der Waals surface area (Å²) in [6.45, 7) is 10.7. The van der Waals surface area contributed by atoms with Crippen LogP contribution < -0.4 is 0 Å². The fraction of sp³-hybridized carbons (Fsp3) is 0.957. The minimum Gasteiger partial charge on any atom is -0.338 e. The van der Waals surface area contributed by atoms with Crippen LogP contribution >= 0.6 is 0 Å². The van der Waals surface area contributed by atoms with Crippen LogP contribution in [0.15, 0.2) is 0 Å². The van der Waals surface area contributed by atoms with Crippen LogP contribution in [0.5, 0.6) is 0 Å². The number of hydrogen-bond donors (Lipinski definition) is 0. The lowest BCUT2D eigenvalue weighted by Crippen LogP contribution is -2.41. The fourth-order valence-corrected chi connectivity index (χ4v) is 3.77. The summed E-state index contributed by atoms with van der Waals surface area (Å²) >= 11 is 0. The van der Waals surface area contributed by atoms with Gasteiger partial charge in [0, 0.05) is 18.5 Å². The minimum absolute atomic E-state index is 0.319. The summed E-state index contributed by atoms with van der Waals surface area (Å²) in [5, 5.41) is 0. The average Bonchev–Trinajstić information content (AvgIpc) is 2.54. The summed E-state index contributed by atoms with van der Waals surface area (Å²) in [5.41, 5.74) is 0. The fourth-order valence-electron chi connectivity index (χ4n) is 3.77. The summed E-state index contributed by atoms with van der Waals surface area (Å²) in [7, 11) is 0. The highest BCUT2D eigenvalue weighted by atomic mass is 16.2. The second-order valence-electron chi connectivity index (χ2n) is 8.33. The van der Waals surface area contributed by atoms with E-state index in [4.69, 9.17) is 0 Å². The van der Waals surface area contributed by atoms with Crippen LogP contribution in [0.3, 0.4) is 0 Å². The maximum absolute atomic E-state index is 12.3. The van der Waals surface area contributed by atoms with Gasteiger partial charge in [0.25, 0.3) is 0 Å². The minimum atomic E-state index is 0.319. The zero-order valence-electron chi connectivity index (χ0n) is 18.1. The zero-order chi connectivity index (χ0) is 18.9. The lowest BCUT2D eigenvalue weighted by atomic mass is 10.0. The number of unbranched alkanes of at least 4 members (excludes halogenated alkanes) is 13. The summed E-state index contributed by atoms with van der Waals surface area (Å²) < 4.78 is 0. The average molecular weight is 354 g/mol. The van der Waals surface area contributed by atoms with Gasteiger partial charge < -0.3 is 4.90 Å². The number of hydrogen-bond acceptors (Lipinski definition) is 1. The summed E-state index contributed by atoms with van der Waals surface area (Å²) in [6.07, 6.45) is 19.8. The maximum atomic E-state index is 12.3. The molecule has 2 heteroatoms. The van der Waals surface area contributed by atoms with Crippen molar-refractivity contribution in [1.82, 2.24) is 4.90 Å². The van der Waals surface area contributed by atoms with Gasteiger partial charge in [-0.2, -0.15) is 0 Å². The molecule has 0 radical (unpaired) electrons. The van der Waals surface area contributed by atoms with Crippen LogP contribution in [0.4, 0.5) is 0 Å². The predicted molar refractivity (Wildman–Crippen MR) is 112 cm³/mol. The Labute approximate surface area is 159 Å². The summed E-state index contributed by atoms with van der Waals surface area (Å²) in [6, 6.07) is 0.637. The number of amides is 1. The quantitative estimate of drug-likeness (QED) is 0.248. The van der Waals surface area contributed by atoms with Gasteiger partial charge in [0.1, 0.15) is 0 Å². The van der Waals surface area contributed by atoms with Gasteiger partial charge in [0.2, 0.25) is 5.91 Å². The molecule has 0 saturated heterocycles. The van der Waals surface area contributed by atoms with Crippen molar-refractivity contribution >= 4 is 5.91 Å². The zero-order valence-corrected chi connectivity index (χ0v) is 18.1. The summed E-state index contributed by atoms with van der Waals surface area (Å²) in [4.78, 5) is 14.3. The van der Waals surface area contributed by atoms with Crippen molar-refractivity contribution in [3.63, 3.8) is 0 Å². The van der Waals surface area contributed by atoms with E-state index in [0.717, 1.165) is 12.8 Å². The topological polar surface area (TPSA) is 20.3 Å². The van der Waals surface area contributed by atoms with Crippen molar-refractivity contribution in [3.05, 3.63) is 0 Å². The molecule has 0 unspecified atom stereocenters. The van der Waals surface area contributed by atoms with E-state index in [-0.39, 0.29) is 0 Å². The van der Waals surface area contributed by atoms with E-state index in [1.807, 2.05) is 4.90 Å². The Balaban J connectivity index is 3.37. The van der Waals surface area contributed by atoms with Crippen LogP contribution in [-0.4, -0.2) is 22.9 Å². The molecule has 0 rings (SSSR count). The molecule has 0 aromatic heterocycles. The molecule has 0 aliphatic rings. The number of nitrogens with zero attached hydrogens (tertiary/aromatic N) is 1. The highest BCUT2D eigenvalue weighted by Crippen LogP contribution is 2.14. The lowest BCUT2D eigenvalue weighted by Gasteiger charge is -2.30. The molecular formula is C23H47NO. The molecule has 0 aliphatic heterocycles. The van der Waals surface area contributed by atoms with E-state index in [0.29, 0.717) is 18.0 Å². The molecule has 0 bridgehead atoms. The Kier molecular flexibility index (Phi) is 16.6. The van der Waals surface area contributed by atoms with Gasteiger partial charge in [-0.25, -0.2) is 0 Å². The van der Waals surface area contributed by atoms with Crippen LogP contribution in [-0.2, 0) is 4.79 Å². The van der Waals surface area contributed by atoms with Crippen molar-refractivity contribution in [2.75, 3.05) is 0 Å². The van der Waals surface area contributed by atoms with Crippen molar-refractivity contribution in [2.45, 2.75) is 143 Å². The molecule has 150 valence electrons. The van der Waals surface area contributed by atoms with E-state index in [2.05, 4.69) is 34.6 Å². The van der Waals surface area contributed by atoms with Crippen molar-refractivity contribution in [1.29, 1.82) is 0 Å². The van der Waals surface area contributed by atoms with E-state index in [9.17, 15) is 4.79 Å². The molecule has 0 aromatic rings. The molecule has 0 aromatic carbocycles. The Morgan fingerprint density at radius 2 is 0.920 bits per heavy atom. The number of carbonyl (C=O) groups is 1. The molecule has 0 N–H and O–H groups in total. The molecule has 0 fully saturated rings. The van der Waals surface area contributed by atoms with Gasteiger partial charge in [-0.3, -0.25) is 4.79 Å². The Morgan fingerprint density at radius 1 is 0.600 bits per heavy atom. The Bertz CT molecular complexity index is 290. The highest BCUT2D eigenvalue weighted by molar-refractivity contribution is 5.76. The smallest absolute Gasteiger partial charge is 0.223 e. The molecule has 0 saturated carbocycles. The molecule has 0 aliphatic carbocycles. The molecule has 0 atom stereocenters. The third-order valence-electron chi connectivity index (χ3n) is 5.14. The first-order chi connectivity index (χ1) is 12.0. The second-order valence-corrected chi connectivity index (χ2v) is 8.33. The number of carbonyl (C=O) groups excluding carboxylic acids is 1.